The highest BCUT2D eigenvalue weighted by Gasteiger charge is 2.08. The predicted molar refractivity (Wildman–Crippen MR) is 66.9 cm³/mol. The maximum Gasteiger partial charge on any atom is 0.144 e. The Kier molecular flexibility index (Phi) is 3.28. The quantitative estimate of drug-likeness (QED) is 0.790. The lowest BCUT2D eigenvalue weighted by atomic mass is 10.1. The smallest absolute Gasteiger partial charge is 0.144 e. The monoisotopic (exact) mass is 263 g/mol. The number of benzene rings is 1. The number of aryl methyl sites for hydroxylation is 1. The van der Waals surface area contributed by atoms with E-state index in [0.29, 0.717) is 32.8 Å². The van der Waals surface area contributed by atoms with Gasteiger partial charge in [-0.2, -0.15) is 5.26 Å². The van der Waals surface area contributed by atoms with Crippen LogP contribution in [0.1, 0.15) is 11.5 Å². The van der Waals surface area contributed by atoms with Gasteiger partial charge in [-0.1, -0.05) is 23.2 Å². The summed E-state index contributed by atoms with van der Waals surface area (Å²) >= 11 is 12.0. The third kappa shape index (κ3) is 2.55. The summed E-state index contributed by atoms with van der Waals surface area (Å²) in [7, 11) is 0. The molecule has 0 bridgehead atoms. The fourth-order valence-electron chi connectivity index (χ4n) is 1.46. The highest BCUT2D eigenvalue weighted by Crippen LogP contribution is 2.29. The van der Waals surface area contributed by atoms with Crippen molar-refractivity contribution >= 4 is 23.2 Å². The zero-order valence-corrected chi connectivity index (χ0v) is 10.4. The van der Waals surface area contributed by atoms with Crippen molar-refractivity contribution in [1.29, 1.82) is 5.26 Å². The van der Waals surface area contributed by atoms with Crippen LogP contribution in [0.15, 0.2) is 24.3 Å². The number of aromatic nitrogens is 2. The van der Waals surface area contributed by atoms with Crippen LogP contribution in [-0.2, 0) is 0 Å². The lowest BCUT2D eigenvalue weighted by molar-refractivity contribution is 1.04. The van der Waals surface area contributed by atoms with Crippen LogP contribution in [0, 0.1) is 18.3 Å². The first-order valence-electron chi connectivity index (χ1n) is 4.81. The fraction of sp³-hybridized carbons (Fsp3) is 0.0833. The van der Waals surface area contributed by atoms with Crippen molar-refractivity contribution in [3.63, 3.8) is 0 Å². The highest BCUT2D eigenvalue weighted by molar-refractivity contribution is 6.35. The van der Waals surface area contributed by atoms with E-state index in [2.05, 4.69) is 9.97 Å². The molecule has 0 saturated carbocycles. The minimum Gasteiger partial charge on any atom is -0.233 e. The third-order valence-corrected chi connectivity index (χ3v) is 2.72. The number of hydrogen-bond donors (Lipinski definition) is 0. The lowest BCUT2D eigenvalue weighted by Gasteiger charge is -2.05. The molecule has 17 heavy (non-hydrogen) atoms. The predicted octanol–water partition coefficient (Wildman–Crippen LogP) is 3.63. The molecule has 84 valence electrons. The number of halogens is 2. The third-order valence-electron chi connectivity index (χ3n) is 2.16. The van der Waals surface area contributed by atoms with E-state index in [0.717, 1.165) is 0 Å². The zero-order valence-electron chi connectivity index (χ0n) is 8.91. The second kappa shape index (κ2) is 4.70. The van der Waals surface area contributed by atoms with Crippen molar-refractivity contribution < 1.29 is 0 Å². The first kappa shape index (κ1) is 11.8. The van der Waals surface area contributed by atoms with Crippen molar-refractivity contribution in [2.45, 2.75) is 6.92 Å². The summed E-state index contributed by atoms with van der Waals surface area (Å²) in [5, 5.41) is 9.96. The van der Waals surface area contributed by atoms with Gasteiger partial charge in [-0.15, -0.1) is 0 Å². The summed E-state index contributed by atoms with van der Waals surface area (Å²) in [6.45, 7) is 1.72. The summed E-state index contributed by atoms with van der Waals surface area (Å²) < 4.78 is 0. The van der Waals surface area contributed by atoms with E-state index in [4.69, 9.17) is 28.5 Å². The Balaban J connectivity index is 2.64. The second-order valence-electron chi connectivity index (χ2n) is 3.42. The molecule has 2 aromatic rings. The van der Waals surface area contributed by atoms with E-state index in [-0.39, 0.29) is 0 Å². The Morgan fingerprint density at radius 2 is 1.94 bits per heavy atom. The van der Waals surface area contributed by atoms with E-state index in [9.17, 15) is 0 Å². The zero-order chi connectivity index (χ0) is 12.4. The van der Waals surface area contributed by atoms with Crippen LogP contribution < -0.4 is 0 Å². The molecule has 0 aliphatic carbocycles. The van der Waals surface area contributed by atoms with Crippen molar-refractivity contribution in [2.24, 2.45) is 0 Å². The van der Waals surface area contributed by atoms with Gasteiger partial charge >= 0.3 is 0 Å². The molecule has 1 aromatic heterocycles. The first-order chi connectivity index (χ1) is 8.10. The van der Waals surface area contributed by atoms with Crippen molar-refractivity contribution in [2.75, 3.05) is 0 Å². The summed E-state index contributed by atoms with van der Waals surface area (Å²) in [5.74, 6) is 0.523. The Bertz CT molecular complexity index is 618. The molecule has 1 aromatic carbocycles. The lowest BCUT2D eigenvalue weighted by Crippen LogP contribution is -1.95. The van der Waals surface area contributed by atoms with Gasteiger partial charge in [0.15, 0.2) is 0 Å². The fourth-order valence-corrected chi connectivity index (χ4v) is 1.84. The molecule has 2 rings (SSSR count). The van der Waals surface area contributed by atoms with Crippen LogP contribution in [0.5, 0.6) is 0 Å². The molecule has 0 atom stereocenters. The molecule has 0 N–H and O–H groups in total. The van der Waals surface area contributed by atoms with E-state index in [1.54, 1.807) is 31.2 Å². The van der Waals surface area contributed by atoms with Gasteiger partial charge < -0.3 is 0 Å². The SMILES string of the molecule is Cc1nc(C#N)cc(-c2cc(Cl)ccc2Cl)n1. The number of nitrogens with zero attached hydrogens (tertiary/aromatic N) is 3. The number of rotatable bonds is 1. The molecular weight excluding hydrogens is 257 g/mol. The van der Waals surface area contributed by atoms with Gasteiger partial charge in [0.2, 0.25) is 0 Å². The largest absolute Gasteiger partial charge is 0.233 e. The average molecular weight is 264 g/mol. The van der Waals surface area contributed by atoms with Crippen LogP contribution in [0.4, 0.5) is 0 Å². The van der Waals surface area contributed by atoms with Crippen molar-refractivity contribution in [1.82, 2.24) is 9.97 Å². The molecule has 5 heteroatoms. The average Bonchev–Trinajstić information content (AvgIpc) is 2.31. The van der Waals surface area contributed by atoms with Gasteiger partial charge in [0, 0.05) is 16.7 Å². The molecule has 0 saturated heterocycles. The topological polar surface area (TPSA) is 49.6 Å². The second-order valence-corrected chi connectivity index (χ2v) is 4.27. The maximum absolute atomic E-state index is 8.86. The Hall–Kier alpha value is -1.63. The van der Waals surface area contributed by atoms with Crippen LogP contribution >= 0.6 is 23.2 Å². The molecule has 3 nitrogen and oxygen atoms in total. The van der Waals surface area contributed by atoms with Crippen LogP contribution in [0.3, 0.4) is 0 Å². The first-order valence-corrected chi connectivity index (χ1v) is 5.57. The summed E-state index contributed by atoms with van der Waals surface area (Å²) in [6.07, 6.45) is 0. The van der Waals surface area contributed by atoms with E-state index in [1.807, 2.05) is 6.07 Å². The maximum atomic E-state index is 8.86. The summed E-state index contributed by atoms with van der Waals surface area (Å²) in [4.78, 5) is 8.23. The Morgan fingerprint density at radius 1 is 1.18 bits per heavy atom. The summed E-state index contributed by atoms with van der Waals surface area (Å²) in [5.41, 5.74) is 1.60. The number of nitriles is 1. The van der Waals surface area contributed by atoms with Crippen LogP contribution in [0.2, 0.25) is 10.0 Å². The van der Waals surface area contributed by atoms with Crippen molar-refractivity contribution in [3.8, 4) is 17.3 Å². The molecule has 0 fully saturated rings. The normalized spacial score (nSPS) is 10.0. The minimum atomic E-state index is 0.309. The molecule has 0 amide bonds. The van der Waals surface area contributed by atoms with Gasteiger partial charge in [-0.05, 0) is 25.1 Å². The molecule has 1 heterocycles. The van der Waals surface area contributed by atoms with E-state index < -0.39 is 0 Å². The number of hydrogen-bond acceptors (Lipinski definition) is 3. The molecule has 0 radical (unpaired) electrons. The Labute approximate surface area is 109 Å². The molecule has 0 aliphatic rings. The molecule has 0 aliphatic heterocycles. The van der Waals surface area contributed by atoms with Crippen LogP contribution in [0.25, 0.3) is 11.3 Å². The minimum absolute atomic E-state index is 0.309. The molecule has 0 unspecified atom stereocenters. The van der Waals surface area contributed by atoms with Gasteiger partial charge in [-0.3, -0.25) is 0 Å². The van der Waals surface area contributed by atoms with Crippen molar-refractivity contribution in [3.05, 3.63) is 45.8 Å². The van der Waals surface area contributed by atoms with E-state index >= 15 is 0 Å². The molecular formula is C12H7Cl2N3. The highest BCUT2D eigenvalue weighted by atomic mass is 35.5. The van der Waals surface area contributed by atoms with Gasteiger partial charge in [0.25, 0.3) is 0 Å². The van der Waals surface area contributed by atoms with Gasteiger partial charge in [-0.25, -0.2) is 9.97 Å². The van der Waals surface area contributed by atoms with Gasteiger partial charge in [0.05, 0.1) is 10.7 Å². The standard InChI is InChI=1S/C12H7Cl2N3/c1-7-16-9(6-15)5-12(17-7)10-4-8(13)2-3-11(10)14/h2-5H,1H3. The summed E-state index contributed by atoms with van der Waals surface area (Å²) in [6, 6.07) is 8.69. The van der Waals surface area contributed by atoms with E-state index in [1.165, 1.54) is 0 Å². The Morgan fingerprint density at radius 3 is 2.65 bits per heavy atom. The van der Waals surface area contributed by atoms with Gasteiger partial charge in [0.1, 0.15) is 17.6 Å². The molecule has 0 spiro atoms. The van der Waals surface area contributed by atoms with Crippen LogP contribution in [-0.4, -0.2) is 9.97 Å².